The van der Waals surface area contributed by atoms with Gasteiger partial charge in [-0.1, -0.05) is 22.0 Å². The molecule has 0 aliphatic carbocycles. The summed E-state index contributed by atoms with van der Waals surface area (Å²) in [5.41, 5.74) is 0. The second kappa shape index (κ2) is 3.49. The molecule has 1 aliphatic rings. The predicted molar refractivity (Wildman–Crippen MR) is 66.3 cm³/mol. The van der Waals surface area contributed by atoms with Gasteiger partial charge < -0.3 is 4.90 Å². The highest BCUT2D eigenvalue weighted by molar-refractivity contribution is 9.10. The number of pyridine rings is 1. The summed E-state index contributed by atoms with van der Waals surface area (Å²) < 4.78 is 1.12. The Balaban J connectivity index is 2.23. The molecule has 0 amide bonds. The van der Waals surface area contributed by atoms with Crippen LogP contribution in [-0.4, -0.2) is 18.1 Å². The molecule has 0 atom stereocenters. The lowest BCUT2D eigenvalue weighted by Crippen LogP contribution is -2.37. The fraction of sp³-hybridized carbons (Fsp3) is 0.250. The first-order valence-corrected chi connectivity index (χ1v) is 5.93. The van der Waals surface area contributed by atoms with Gasteiger partial charge in [0.1, 0.15) is 5.82 Å². The Morgan fingerprint density at radius 2 is 2.07 bits per heavy atom. The van der Waals surface area contributed by atoms with E-state index in [1.807, 2.05) is 6.20 Å². The van der Waals surface area contributed by atoms with Crippen molar-refractivity contribution in [1.82, 2.24) is 4.98 Å². The number of benzene rings is 1. The van der Waals surface area contributed by atoms with Crippen LogP contribution in [-0.2, 0) is 0 Å². The molecule has 76 valence electrons. The summed E-state index contributed by atoms with van der Waals surface area (Å²) >= 11 is 3.51. The van der Waals surface area contributed by atoms with E-state index in [9.17, 15) is 0 Å². The van der Waals surface area contributed by atoms with Gasteiger partial charge in [-0.2, -0.15) is 0 Å². The number of rotatable bonds is 1. The summed E-state index contributed by atoms with van der Waals surface area (Å²) in [7, 11) is 0. The molecule has 1 saturated heterocycles. The second-order valence-electron chi connectivity index (χ2n) is 3.84. The Bertz CT molecular complexity index is 506. The van der Waals surface area contributed by atoms with Gasteiger partial charge in [-0.3, -0.25) is 0 Å². The molecule has 1 aromatic carbocycles. The van der Waals surface area contributed by atoms with E-state index in [4.69, 9.17) is 0 Å². The SMILES string of the molecule is Brc1ccc2ccnc(N3CCC3)c2c1. The number of fused-ring (bicyclic) bond motifs is 1. The summed E-state index contributed by atoms with van der Waals surface area (Å²) in [6, 6.07) is 8.41. The van der Waals surface area contributed by atoms with E-state index in [1.54, 1.807) is 0 Å². The van der Waals surface area contributed by atoms with E-state index in [0.29, 0.717) is 0 Å². The first kappa shape index (κ1) is 9.16. The van der Waals surface area contributed by atoms with Crippen LogP contribution in [0, 0.1) is 0 Å². The molecule has 0 bridgehead atoms. The number of hydrogen-bond donors (Lipinski definition) is 0. The predicted octanol–water partition coefficient (Wildman–Crippen LogP) is 3.21. The average molecular weight is 263 g/mol. The minimum Gasteiger partial charge on any atom is -0.356 e. The molecule has 2 aromatic rings. The zero-order chi connectivity index (χ0) is 10.3. The molecule has 1 aromatic heterocycles. The summed E-state index contributed by atoms with van der Waals surface area (Å²) in [6.07, 6.45) is 3.18. The first-order chi connectivity index (χ1) is 7.34. The van der Waals surface area contributed by atoms with Gasteiger partial charge in [-0.05, 0) is 30.0 Å². The summed E-state index contributed by atoms with van der Waals surface area (Å²) in [5, 5.41) is 2.50. The average Bonchev–Trinajstić information content (AvgIpc) is 2.16. The zero-order valence-corrected chi connectivity index (χ0v) is 9.87. The van der Waals surface area contributed by atoms with E-state index < -0.39 is 0 Å². The van der Waals surface area contributed by atoms with E-state index in [1.165, 1.54) is 17.2 Å². The van der Waals surface area contributed by atoms with Gasteiger partial charge in [0.25, 0.3) is 0 Å². The Morgan fingerprint density at radius 1 is 1.20 bits per heavy atom. The molecule has 1 fully saturated rings. The monoisotopic (exact) mass is 262 g/mol. The van der Waals surface area contributed by atoms with Crippen LogP contribution in [0.2, 0.25) is 0 Å². The Labute approximate surface area is 97.0 Å². The number of aromatic nitrogens is 1. The van der Waals surface area contributed by atoms with Gasteiger partial charge in [-0.15, -0.1) is 0 Å². The van der Waals surface area contributed by atoms with Crippen molar-refractivity contribution < 1.29 is 0 Å². The van der Waals surface area contributed by atoms with E-state index >= 15 is 0 Å². The van der Waals surface area contributed by atoms with Crippen LogP contribution in [0.25, 0.3) is 10.8 Å². The van der Waals surface area contributed by atoms with Crippen molar-refractivity contribution in [3.05, 3.63) is 34.9 Å². The highest BCUT2D eigenvalue weighted by Gasteiger charge is 2.17. The van der Waals surface area contributed by atoms with Crippen LogP contribution < -0.4 is 4.90 Å². The van der Waals surface area contributed by atoms with Gasteiger partial charge in [-0.25, -0.2) is 4.98 Å². The molecule has 3 rings (SSSR count). The third kappa shape index (κ3) is 1.51. The third-order valence-electron chi connectivity index (χ3n) is 2.86. The van der Waals surface area contributed by atoms with Crippen molar-refractivity contribution in [2.24, 2.45) is 0 Å². The number of halogens is 1. The van der Waals surface area contributed by atoms with Crippen LogP contribution in [0.4, 0.5) is 5.82 Å². The Morgan fingerprint density at radius 3 is 2.80 bits per heavy atom. The van der Waals surface area contributed by atoms with Gasteiger partial charge in [0.05, 0.1) is 0 Å². The third-order valence-corrected chi connectivity index (χ3v) is 3.36. The molecule has 0 N–H and O–H groups in total. The van der Waals surface area contributed by atoms with E-state index in [2.05, 4.69) is 50.1 Å². The lowest BCUT2D eigenvalue weighted by Gasteiger charge is -2.32. The molecule has 0 spiro atoms. The van der Waals surface area contributed by atoms with Crippen molar-refractivity contribution >= 4 is 32.5 Å². The van der Waals surface area contributed by atoms with Crippen LogP contribution in [0.1, 0.15) is 6.42 Å². The molecule has 0 unspecified atom stereocenters. The van der Waals surface area contributed by atoms with Crippen molar-refractivity contribution in [2.75, 3.05) is 18.0 Å². The highest BCUT2D eigenvalue weighted by atomic mass is 79.9. The van der Waals surface area contributed by atoms with Crippen molar-refractivity contribution in [2.45, 2.75) is 6.42 Å². The topological polar surface area (TPSA) is 16.1 Å². The van der Waals surface area contributed by atoms with Gasteiger partial charge >= 0.3 is 0 Å². The molecule has 15 heavy (non-hydrogen) atoms. The van der Waals surface area contributed by atoms with Gasteiger partial charge in [0.15, 0.2) is 0 Å². The Hall–Kier alpha value is -1.09. The minimum atomic E-state index is 1.12. The standard InChI is InChI=1S/C12H11BrN2/c13-10-3-2-9-4-5-14-12(11(9)8-10)15-6-1-7-15/h2-5,8H,1,6-7H2. The van der Waals surface area contributed by atoms with Crippen LogP contribution in [0.3, 0.4) is 0 Å². The molecular weight excluding hydrogens is 252 g/mol. The van der Waals surface area contributed by atoms with Crippen LogP contribution >= 0.6 is 15.9 Å². The maximum atomic E-state index is 4.48. The number of nitrogens with zero attached hydrogens (tertiary/aromatic N) is 2. The van der Waals surface area contributed by atoms with Crippen molar-refractivity contribution in [1.29, 1.82) is 0 Å². The van der Waals surface area contributed by atoms with Crippen molar-refractivity contribution in [3.8, 4) is 0 Å². The Kier molecular flexibility index (Phi) is 2.13. The molecular formula is C12H11BrN2. The van der Waals surface area contributed by atoms with E-state index in [0.717, 1.165) is 23.4 Å². The lowest BCUT2D eigenvalue weighted by atomic mass is 10.1. The van der Waals surface area contributed by atoms with E-state index in [-0.39, 0.29) is 0 Å². The summed E-state index contributed by atoms with van der Waals surface area (Å²) in [4.78, 5) is 6.80. The number of hydrogen-bond acceptors (Lipinski definition) is 2. The normalized spacial score (nSPS) is 15.4. The minimum absolute atomic E-state index is 1.12. The van der Waals surface area contributed by atoms with Gasteiger partial charge in [0.2, 0.25) is 0 Å². The largest absolute Gasteiger partial charge is 0.356 e. The molecule has 1 aliphatic heterocycles. The second-order valence-corrected chi connectivity index (χ2v) is 4.76. The zero-order valence-electron chi connectivity index (χ0n) is 8.28. The first-order valence-electron chi connectivity index (χ1n) is 5.14. The van der Waals surface area contributed by atoms with Crippen LogP contribution in [0.5, 0.6) is 0 Å². The smallest absolute Gasteiger partial charge is 0.136 e. The number of anilines is 1. The molecule has 2 nitrogen and oxygen atoms in total. The lowest BCUT2D eigenvalue weighted by molar-refractivity contribution is 0.612. The molecule has 0 saturated carbocycles. The van der Waals surface area contributed by atoms with Crippen molar-refractivity contribution in [3.63, 3.8) is 0 Å². The maximum absolute atomic E-state index is 4.48. The van der Waals surface area contributed by atoms with Gasteiger partial charge in [0, 0.05) is 29.1 Å². The van der Waals surface area contributed by atoms with Crippen LogP contribution in [0.15, 0.2) is 34.9 Å². The molecule has 2 heterocycles. The fourth-order valence-electron chi connectivity index (χ4n) is 1.91. The maximum Gasteiger partial charge on any atom is 0.136 e. The highest BCUT2D eigenvalue weighted by Crippen LogP contribution is 2.29. The summed E-state index contributed by atoms with van der Waals surface area (Å²) in [6.45, 7) is 2.28. The molecule has 0 radical (unpaired) electrons. The summed E-state index contributed by atoms with van der Waals surface area (Å²) in [5.74, 6) is 1.13. The molecule has 3 heteroatoms. The quantitative estimate of drug-likeness (QED) is 0.785. The fourth-order valence-corrected chi connectivity index (χ4v) is 2.27.